The standard InChI is InChI=1S/C15H14F2O/c1-10(11-5-3-2-4-6-11)15(18)12-7-13(16)9-14(17)8-12/h2-10,15,18H,1H3. The highest BCUT2D eigenvalue weighted by molar-refractivity contribution is 5.27. The highest BCUT2D eigenvalue weighted by atomic mass is 19.1. The van der Waals surface area contributed by atoms with Crippen LogP contribution in [0.5, 0.6) is 0 Å². The molecule has 2 unspecified atom stereocenters. The van der Waals surface area contributed by atoms with Crippen molar-refractivity contribution in [2.75, 3.05) is 0 Å². The second kappa shape index (κ2) is 5.27. The van der Waals surface area contributed by atoms with Gasteiger partial charge < -0.3 is 5.11 Å². The minimum Gasteiger partial charge on any atom is -0.388 e. The second-order valence-electron chi connectivity index (χ2n) is 4.35. The molecular weight excluding hydrogens is 234 g/mol. The molecule has 0 amide bonds. The Labute approximate surface area is 105 Å². The van der Waals surface area contributed by atoms with E-state index in [1.165, 1.54) is 0 Å². The molecule has 0 radical (unpaired) electrons. The molecule has 0 aliphatic carbocycles. The lowest BCUT2D eigenvalue weighted by atomic mass is 9.91. The van der Waals surface area contributed by atoms with Gasteiger partial charge in [0, 0.05) is 12.0 Å². The number of benzene rings is 2. The van der Waals surface area contributed by atoms with Crippen LogP contribution in [0.4, 0.5) is 8.78 Å². The van der Waals surface area contributed by atoms with E-state index >= 15 is 0 Å². The molecule has 94 valence electrons. The van der Waals surface area contributed by atoms with Gasteiger partial charge in [0.05, 0.1) is 6.10 Å². The van der Waals surface area contributed by atoms with Gasteiger partial charge in [0.1, 0.15) is 11.6 Å². The molecule has 2 rings (SSSR count). The highest BCUT2D eigenvalue weighted by Crippen LogP contribution is 2.30. The first-order valence-electron chi connectivity index (χ1n) is 5.77. The zero-order valence-corrected chi connectivity index (χ0v) is 9.98. The minimum absolute atomic E-state index is 0.229. The van der Waals surface area contributed by atoms with Crippen molar-refractivity contribution in [3.63, 3.8) is 0 Å². The molecule has 1 nitrogen and oxygen atoms in total. The summed E-state index contributed by atoms with van der Waals surface area (Å²) in [7, 11) is 0. The van der Waals surface area contributed by atoms with Gasteiger partial charge in [-0.15, -0.1) is 0 Å². The largest absolute Gasteiger partial charge is 0.388 e. The topological polar surface area (TPSA) is 20.2 Å². The van der Waals surface area contributed by atoms with Gasteiger partial charge in [-0.1, -0.05) is 37.3 Å². The normalized spacial score (nSPS) is 14.2. The van der Waals surface area contributed by atoms with Crippen molar-refractivity contribution in [2.45, 2.75) is 18.9 Å². The van der Waals surface area contributed by atoms with Crippen LogP contribution in [0.3, 0.4) is 0 Å². The van der Waals surface area contributed by atoms with Gasteiger partial charge in [0.25, 0.3) is 0 Å². The second-order valence-corrected chi connectivity index (χ2v) is 4.35. The van der Waals surface area contributed by atoms with Crippen LogP contribution in [0.25, 0.3) is 0 Å². The molecule has 0 heterocycles. The number of aliphatic hydroxyl groups is 1. The van der Waals surface area contributed by atoms with Gasteiger partial charge >= 0.3 is 0 Å². The molecule has 3 heteroatoms. The zero-order chi connectivity index (χ0) is 13.1. The number of aliphatic hydroxyl groups excluding tert-OH is 1. The summed E-state index contributed by atoms with van der Waals surface area (Å²) < 4.78 is 26.2. The maximum absolute atomic E-state index is 13.1. The third-order valence-corrected chi connectivity index (χ3v) is 3.03. The average Bonchev–Trinajstić information content (AvgIpc) is 2.37. The van der Waals surface area contributed by atoms with E-state index in [0.29, 0.717) is 0 Å². The SMILES string of the molecule is CC(c1ccccc1)C(O)c1cc(F)cc(F)c1. The quantitative estimate of drug-likeness (QED) is 0.875. The summed E-state index contributed by atoms with van der Waals surface area (Å²) in [6.07, 6.45) is -0.933. The first-order valence-corrected chi connectivity index (χ1v) is 5.77. The monoisotopic (exact) mass is 248 g/mol. The van der Waals surface area contributed by atoms with Crippen LogP contribution >= 0.6 is 0 Å². The fourth-order valence-electron chi connectivity index (χ4n) is 1.97. The zero-order valence-electron chi connectivity index (χ0n) is 9.98. The van der Waals surface area contributed by atoms with Crippen molar-refractivity contribution >= 4 is 0 Å². The molecule has 0 saturated carbocycles. The molecule has 0 saturated heterocycles. The molecule has 2 atom stereocenters. The Morgan fingerprint density at radius 1 is 0.889 bits per heavy atom. The van der Waals surface area contributed by atoms with Crippen LogP contribution < -0.4 is 0 Å². The molecule has 0 fully saturated rings. The number of hydrogen-bond donors (Lipinski definition) is 1. The van der Waals surface area contributed by atoms with E-state index in [0.717, 1.165) is 23.8 Å². The fraction of sp³-hybridized carbons (Fsp3) is 0.200. The van der Waals surface area contributed by atoms with Gasteiger partial charge in [-0.05, 0) is 23.3 Å². The van der Waals surface area contributed by atoms with Crippen LogP contribution in [0.1, 0.15) is 30.1 Å². The van der Waals surface area contributed by atoms with E-state index in [1.54, 1.807) is 0 Å². The Morgan fingerprint density at radius 3 is 2.00 bits per heavy atom. The first-order chi connectivity index (χ1) is 8.58. The summed E-state index contributed by atoms with van der Waals surface area (Å²) in [6.45, 7) is 1.82. The molecule has 1 N–H and O–H groups in total. The lowest BCUT2D eigenvalue weighted by Crippen LogP contribution is -2.08. The van der Waals surface area contributed by atoms with E-state index in [-0.39, 0.29) is 11.5 Å². The van der Waals surface area contributed by atoms with Gasteiger partial charge in [-0.2, -0.15) is 0 Å². The van der Waals surface area contributed by atoms with Crippen LogP contribution in [-0.2, 0) is 0 Å². The Balaban J connectivity index is 2.28. The third kappa shape index (κ3) is 2.74. The Bertz CT molecular complexity index is 505. The summed E-state index contributed by atoms with van der Waals surface area (Å²) in [6, 6.07) is 12.5. The summed E-state index contributed by atoms with van der Waals surface area (Å²) in [5, 5.41) is 10.2. The lowest BCUT2D eigenvalue weighted by Gasteiger charge is -2.19. The smallest absolute Gasteiger partial charge is 0.126 e. The van der Waals surface area contributed by atoms with Crippen molar-refractivity contribution in [3.05, 3.63) is 71.3 Å². The summed E-state index contributed by atoms with van der Waals surface area (Å²) in [5.74, 6) is -1.58. The summed E-state index contributed by atoms with van der Waals surface area (Å²) in [4.78, 5) is 0. The molecule has 2 aromatic carbocycles. The maximum Gasteiger partial charge on any atom is 0.126 e. The Kier molecular flexibility index (Phi) is 3.72. The van der Waals surface area contributed by atoms with Crippen molar-refractivity contribution < 1.29 is 13.9 Å². The summed E-state index contributed by atoms with van der Waals surface area (Å²) >= 11 is 0. The summed E-state index contributed by atoms with van der Waals surface area (Å²) in [5.41, 5.74) is 1.18. The van der Waals surface area contributed by atoms with Gasteiger partial charge in [-0.3, -0.25) is 0 Å². The molecule has 18 heavy (non-hydrogen) atoms. The third-order valence-electron chi connectivity index (χ3n) is 3.03. The van der Waals surface area contributed by atoms with E-state index in [4.69, 9.17) is 0 Å². The van der Waals surface area contributed by atoms with Gasteiger partial charge in [-0.25, -0.2) is 8.78 Å². The molecule has 0 bridgehead atoms. The predicted octanol–water partition coefficient (Wildman–Crippen LogP) is 3.80. The van der Waals surface area contributed by atoms with Crippen molar-refractivity contribution in [2.24, 2.45) is 0 Å². The van der Waals surface area contributed by atoms with Crippen LogP contribution in [0.2, 0.25) is 0 Å². The predicted molar refractivity (Wildman–Crippen MR) is 66.2 cm³/mol. The van der Waals surface area contributed by atoms with Gasteiger partial charge in [0.15, 0.2) is 0 Å². The Morgan fingerprint density at radius 2 is 1.44 bits per heavy atom. The number of hydrogen-bond acceptors (Lipinski definition) is 1. The lowest BCUT2D eigenvalue weighted by molar-refractivity contribution is 0.151. The van der Waals surface area contributed by atoms with Crippen molar-refractivity contribution in [3.8, 4) is 0 Å². The molecular formula is C15H14F2O. The van der Waals surface area contributed by atoms with E-state index < -0.39 is 17.7 Å². The van der Waals surface area contributed by atoms with Crippen molar-refractivity contribution in [1.29, 1.82) is 0 Å². The van der Waals surface area contributed by atoms with E-state index in [1.807, 2.05) is 37.3 Å². The number of halogens is 2. The van der Waals surface area contributed by atoms with E-state index in [9.17, 15) is 13.9 Å². The van der Waals surface area contributed by atoms with Crippen LogP contribution in [0, 0.1) is 11.6 Å². The molecule has 0 aromatic heterocycles. The maximum atomic E-state index is 13.1. The molecule has 0 spiro atoms. The number of rotatable bonds is 3. The van der Waals surface area contributed by atoms with Crippen LogP contribution in [0.15, 0.2) is 48.5 Å². The fourth-order valence-corrected chi connectivity index (χ4v) is 1.97. The van der Waals surface area contributed by atoms with Crippen molar-refractivity contribution in [1.82, 2.24) is 0 Å². The minimum atomic E-state index is -0.933. The van der Waals surface area contributed by atoms with Gasteiger partial charge in [0.2, 0.25) is 0 Å². The molecule has 2 aromatic rings. The highest BCUT2D eigenvalue weighted by Gasteiger charge is 2.19. The molecule has 0 aliphatic heterocycles. The van der Waals surface area contributed by atoms with Crippen LogP contribution in [-0.4, -0.2) is 5.11 Å². The molecule has 0 aliphatic rings. The Hall–Kier alpha value is -1.74. The van der Waals surface area contributed by atoms with E-state index in [2.05, 4.69) is 0 Å². The average molecular weight is 248 g/mol. The first kappa shape index (κ1) is 12.7.